The lowest BCUT2D eigenvalue weighted by atomic mass is 10.1. The van der Waals surface area contributed by atoms with E-state index in [0.29, 0.717) is 12.2 Å². The lowest BCUT2D eigenvalue weighted by molar-refractivity contribution is -0.116. The molecule has 0 aliphatic heterocycles. The molecule has 1 N–H and O–H groups in total. The summed E-state index contributed by atoms with van der Waals surface area (Å²) in [5.41, 5.74) is 2.99. The molecule has 1 aromatic carbocycles. The zero-order valence-corrected chi connectivity index (χ0v) is 14.6. The van der Waals surface area contributed by atoms with Crippen LogP contribution in [0.4, 0.5) is 5.82 Å². The smallest absolute Gasteiger partial charge is 0.225 e. The van der Waals surface area contributed by atoms with Crippen LogP contribution in [0.2, 0.25) is 0 Å². The van der Waals surface area contributed by atoms with E-state index in [4.69, 9.17) is 4.98 Å². The van der Waals surface area contributed by atoms with Crippen molar-refractivity contribution in [1.82, 2.24) is 14.8 Å². The van der Waals surface area contributed by atoms with Crippen molar-refractivity contribution in [1.29, 1.82) is 0 Å². The van der Waals surface area contributed by atoms with Crippen LogP contribution in [-0.2, 0) is 11.3 Å². The van der Waals surface area contributed by atoms with Crippen molar-refractivity contribution in [3.8, 4) is 0 Å². The number of anilines is 1. The Morgan fingerprint density at radius 1 is 1.25 bits per heavy atom. The van der Waals surface area contributed by atoms with Crippen molar-refractivity contribution in [2.45, 2.75) is 53.0 Å². The number of carbonyl (C=O) groups excluding carboxylic acids is 1. The van der Waals surface area contributed by atoms with Crippen molar-refractivity contribution < 1.29 is 4.79 Å². The maximum atomic E-state index is 12.0. The fraction of sp³-hybridized carbons (Fsp3) is 0.421. The summed E-state index contributed by atoms with van der Waals surface area (Å²) in [5, 5.41) is 9.56. The third-order valence-electron chi connectivity index (χ3n) is 4.21. The van der Waals surface area contributed by atoms with Gasteiger partial charge < -0.3 is 5.32 Å². The van der Waals surface area contributed by atoms with Crippen LogP contribution in [0, 0.1) is 6.92 Å². The first-order valence-electron chi connectivity index (χ1n) is 8.70. The number of nitrogens with one attached hydrogen (secondary N) is 1. The van der Waals surface area contributed by atoms with Crippen LogP contribution in [0.3, 0.4) is 0 Å². The lowest BCUT2D eigenvalue weighted by Crippen LogP contribution is -2.11. The quantitative estimate of drug-likeness (QED) is 0.729. The number of amides is 1. The van der Waals surface area contributed by atoms with Gasteiger partial charge in [0.25, 0.3) is 0 Å². The second-order valence-electron chi connectivity index (χ2n) is 6.23. The van der Waals surface area contributed by atoms with Gasteiger partial charge in [-0.3, -0.25) is 4.79 Å². The van der Waals surface area contributed by atoms with Gasteiger partial charge in [-0.25, -0.2) is 9.67 Å². The van der Waals surface area contributed by atoms with Crippen molar-refractivity contribution in [3.05, 3.63) is 29.8 Å². The zero-order chi connectivity index (χ0) is 17.1. The van der Waals surface area contributed by atoms with Gasteiger partial charge in [-0.2, -0.15) is 5.10 Å². The minimum Gasteiger partial charge on any atom is -0.309 e. The highest BCUT2D eigenvalue weighted by Gasteiger charge is 2.15. The molecular formula is C19H24N4O. The number of aryl methyl sites for hydroxylation is 2. The molecule has 1 amide bonds. The molecule has 126 valence electrons. The van der Waals surface area contributed by atoms with E-state index >= 15 is 0 Å². The number of fused-ring (bicyclic) bond motifs is 2. The first kappa shape index (κ1) is 16.4. The van der Waals surface area contributed by atoms with Gasteiger partial charge in [0.1, 0.15) is 0 Å². The van der Waals surface area contributed by atoms with Crippen molar-refractivity contribution >= 4 is 33.7 Å². The van der Waals surface area contributed by atoms with Gasteiger partial charge in [-0.15, -0.1) is 0 Å². The molecule has 0 fully saturated rings. The zero-order valence-electron chi connectivity index (χ0n) is 14.6. The van der Waals surface area contributed by atoms with E-state index in [0.717, 1.165) is 53.3 Å². The SMILES string of the molecule is CCCCn1nc(NC(=O)CCC)c2cc3cccc(C)c3nc21. The lowest BCUT2D eigenvalue weighted by Gasteiger charge is -2.04. The average Bonchev–Trinajstić information content (AvgIpc) is 2.89. The molecule has 0 atom stereocenters. The van der Waals surface area contributed by atoms with Crippen LogP contribution in [0.15, 0.2) is 24.3 Å². The summed E-state index contributed by atoms with van der Waals surface area (Å²) in [6.45, 7) is 7.02. The molecule has 3 aromatic rings. The van der Waals surface area contributed by atoms with Crippen LogP contribution in [-0.4, -0.2) is 20.7 Å². The van der Waals surface area contributed by atoms with Crippen LogP contribution in [0.25, 0.3) is 21.9 Å². The van der Waals surface area contributed by atoms with Crippen molar-refractivity contribution in [2.75, 3.05) is 5.32 Å². The Morgan fingerprint density at radius 3 is 2.83 bits per heavy atom. The molecule has 0 spiro atoms. The summed E-state index contributed by atoms with van der Waals surface area (Å²) in [6, 6.07) is 8.23. The fourth-order valence-corrected chi connectivity index (χ4v) is 2.91. The number of rotatable bonds is 6. The number of para-hydroxylation sites is 1. The summed E-state index contributed by atoms with van der Waals surface area (Å²) in [5.74, 6) is 0.624. The van der Waals surface area contributed by atoms with E-state index in [1.165, 1.54) is 0 Å². The first-order chi connectivity index (χ1) is 11.6. The monoisotopic (exact) mass is 324 g/mol. The minimum atomic E-state index is 0.00359. The molecule has 0 radical (unpaired) electrons. The molecule has 0 aliphatic carbocycles. The molecule has 0 saturated heterocycles. The minimum absolute atomic E-state index is 0.00359. The van der Waals surface area contributed by atoms with Crippen LogP contribution < -0.4 is 5.32 Å². The summed E-state index contributed by atoms with van der Waals surface area (Å²) < 4.78 is 1.92. The van der Waals surface area contributed by atoms with Gasteiger partial charge in [0.15, 0.2) is 11.5 Å². The highest BCUT2D eigenvalue weighted by atomic mass is 16.1. The molecule has 0 unspecified atom stereocenters. The van der Waals surface area contributed by atoms with Gasteiger partial charge in [0, 0.05) is 18.4 Å². The Hall–Kier alpha value is -2.43. The number of unbranched alkanes of at least 4 members (excludes halogenated alkanes) is 1. The summed E-state index contributed by atoms with van der Waals surface area (Å²) in [6.07, 6.45) is 3.45. The van der Waals surface area contributed by atoms with Crippen LogP contribution in [0.5, 0.6) is 0 Å². The third-order valence-corrected chi connectivity index (χ3v) is 4.21. The van der Waals surface area contributed by atoms with Crippen LogP contribution in [0.1, 0.15) is 45.1 Å². The molecule has 0 bridgehead atoms. The highest BCUT2D eigenvalue weighted by Crippen LogP contribution is 2.27. The maximum absolute atomic E-state index is 12.0. The summed E-state index contributed by atoms with van der Waals surface area (Å²) in [4.78, 5) is 16.9. The Morgan fingerprint density at radius 2 is 2.08 bits per heavy atom. The second-order valence-corrected chi connectivity index (χ2v) is 6.23. The van der Waals surface area contributed by atoms with E-state index in [2.05, 4.69) is 42.5 Å². The largest absolute Gasteiger partial charge is 0.309 e. The number of nitrogens with zero attached hydrogens (tertiary/aromatic N) is 3. The number of benzene rings is 1. The Balaban J connectivity index is 2.14. The molecule has 0 aliphatic rings. The standard InChI is InChI=1S/C19H24N4O/c1-4-6-11-23-19-15(18(22-23)20-16(24)8-5-2)12-14-10-7-9-13(3)17(14)21-19/h7,9-10,12H,4-6,8,11H2,1-3H3,(H,20,22,24). The molecule has 24 heavy (non-hydrogen) atoms. The second kappa shape index (κ2) is 6.99. The maximum Gasteiger partial charge on any atom is 0.225 e. The predicted molar refractivity (Wildman–Crippen MR) is 98.2 cm³/mol. The fourth-order valence-electron chi connectivity index (χ4n) is 2.91. The van der Waals surface area contributed by atoms with Crippen molar-refractivity contribution in [2.24, 2.45) is 0 Å². The number of pyridine rings is 1. The van der Waals surface area contributed by atoms with Gasteiger partial charge in [0.2, 0.25) is 5.91 Å². The van der Waals surface area contributed by atoms with E-state index in [1.54, 1.807) is 0 Å². The number of aromatic nitrogens is 3. The third kappa shape index (κ3) is 3.11. The number of carbonyl (C=O) groups is 1. The predicted octanol–water partition coefficient (Wildman–Crippen LogP) is 4.43. The number of hydrogen-bond donors (Lipinski definition) is 1. The molecule has 0 saturated carbocycles. The van der Waals surface area contributed by atoms with Gasteiger partial charge in [-0.05, 0) is 31.4 Å². The molecular weight excluding hydrogens is 300 g/mol. The van der Waals surface area contributed by atoms with E-state index in [-0.39, 0.29) is 5.91 Å². The molecule has 2 heterocycles. The highest BCUT2D eigenvalue weighted by molar-refractivity contribution is 6.03. The summed E-state index contributed by atoms with van der Waals surface area (Å²) >= 11 is 0. The first-order valence-corrected chi connectivity index (χ1v) is 8.70. The Labute approximate surface area is 142 Å². The summed E-state index contributed by atoms with van der Waals surface area (Å²) in [7, 11) is 0. The Kier molecular flexibility index (Phi) is 4.79. The van der Waals surface area contributed by atoms with E-state index < -0.39 is 0 Å². The van der Waals surface area contributed by atoms with E-state index in [1.807, 2.05) is 17.7 Å². The molecule has 5 heteroatoms. The van der Waals surface area contributed by atoms with E-state index in [9.17, 15) is 4.79 Å². The molecule has 3 rings (SSSR count). The van der Waals surface area contributed by atoms with Crippen molar-refractivity contribution in [3.63, 3.8) is 0 Å². The topological polar surface area (TPSA) is 59.8 Å². The molecule has 2 aromatic heterocycles. The Bertz CT molecular complexity index is 882. The van der Waals surface area contributed by atoms with Gasteiger partial charge in [0.05, 0.1) is 10.9 Å². The van der Waals surface area contributed by atoms with Gasteiger partial charge in [-0.1, -0.05) is 38.5 Å². The normalized spacial score (nSPS) is 11.3. The average molecular weight is 324 g/mol. The number of hydrogen-bond acceptors (Lipinski definition) is 3. The van der Waals surface area contributed by atoms with Crippen LogP contribution >= 0.6 is 0 Å². The molecule has 5 nitrogen and oxygen atoms in total. The van der Waals surface area contributed by atoms with Gasteiger partial charge >= 0.3 is 0 Å².